The lowest BCUT2D eigenvalue weighted by Crippen LogP contribution is -2.24. The van der Waals surface area contributed by atoms with E-state index in [1.807, 2.05) is 38.1 Å². The number of aliphatic hydroxyl groups excluding tert-OH is 1. The maximum absolute atomic E-state index is 12.1. The third-order valence-corrected chi connectivity index (χ3v) is 2.97. The van der Waals surface area contributed by atoms with Crippen molar-refractivity contribution in [2.24, 2.45) is 0 Å². The second-order valence-corrected chi connectivity index (χ2v) is 4.59. The fraction of sp³-hybridized carbons (Fsp3) is 0.357. The molecule has 1 aromatic heterocycles. The third kappa shape index (κ3) is 2.38. The minimum Gasteiger partial charge on any atom is -0.396 e. The van der Waals surface area contributed by atoms with Crippen molar-refractivity contribution in [1.82, 2.24) is 9.13 Å². The summed E-state index contributed by atoms with van der Waals surface area (Å²) >= 11 is 0. The van der Waals surface area contributed by atoms with Gasteiger partial charge in [-0.15, -0.1) is 0 Å². The largest absolute Gasteiger partial charge is 0.396 e. The Kier molecular flexibility index (Phi) is 3.67. The number of aliphatic hydroxyl groups is 1. The second-order valence-electron chi connectivity index (χ2n) is 4.59. The smallest absolute Gasteiger partial charge is 0.332 e. The van der Waals surface area contributed by atoms with Crippen molar-refractivity contribution in [1.29, 1.82) is 0 Å². The summed E-state index contributed by atoms with van der Waals surface area (Å²) in [5.41, 5.74) is 1.89. The molecule has 0 spiro atoms. The van der Waals surface area contributed by atoms with Crippen LogP contribution in [-0.4, -0.2) is 20.8 Å². The molecule has 0 aliphatic rings. The maximum Gasteiger partial charge on any atom is 0.332 e. The summed E-state index contributed by atoms with van der Waals surface area (Å²) in [4.78, 5) is 12.1. The van der Waals surface area contributed by atoms with Crippen molar-refractivity contribution < 1.29 is 5.11 Å². The lowest BCUT2D eigenvalue weighted by atomic mass is 10.1. The highest BCUT2D eigenvalue weighted by Crippen LogP contribution is 2.09. The van der Waals surface area contributed by atoms with E-state index in [9.17, 15) is 4.79 Å². The highest BCUT2D eigenvalue weighted by molar-refractivity contribution is 5.34. The summed E-state index contributed by atoms with van der Waals surface area (Å²) in [6.07, 6.45) is 4.22. The van der Waals surface area contributed by atoms with Crippen molar-refractivity contribution in [3.8, 4) is 5.69 Å². The molecule has 0 amide bonds. The van der Waals surface area contributed by atoms with Crippen LogP contribution in [0.2, 0.25) is 0 Å². The van der Waals surface area contributed by atoms with Crippen molar-refractivity contribution in [2.75, 3.05) is 6.61 Å². The molecule has 0 aliphatic heterocycles. The third-order valence-electron chi connectivity index (χ3n) is 2.97. The molecule has 1 aromatic carbocycles. The summed E-state index contributed by atoms with van der Waals surface area (Å²) in [6.45, 7) is 4.11. The van der Waals surface area contributed by atoms with E-state index < -0.39 is 0 Å². The first kappa shape index (κ1) is 12.6. The molecule has 18 heavy (non-hydrogen) atoms. The Balaban J connectivity index is 2.34. The lowest BCUT2D eigenvalue weighted by Gasteiger charge is -2.05. The number of imidazole rings is 1. The topological polar surface area (TPSA) is 47.2 Å². The Bertz CT molecular complexity index is 564. The highest BCUT2D eigenvalue weighted by Gasteiger charge is 2.07. The van der Waals surface area contributed by atoms with Crippen molar-refractivity contribution in [3.63, 3.8) is 0 Å². The number of aromatic nitrogens is 2. The van der Waals surface area contributed by atoms with E-state index in [2.05, 4.69) is 0 Å². The molecule has 0 fully saturated rings. The molecule has 0 aliphatic carbocycles. The number of hydrogen-bond donors (Lipinski definition) is 1. The zero-order valence-corrected chi connectivity index (χ0v) is 10.7. The number of benzene rings is 1. The predicted molar refractivity (Wildman–Crippen MR) is 71.2 cm³/mol. The van der Waals surface area contributed by atoms with E-state index in [0.29, 0.717) is 6.42 Å². The van der Waals surface area contributed by atoms with Crippen molar-refractivity contribution in [2.45, 2.75) is 26.3 Å². The Morgan fingerprint density at radius 2 is 1.83 bits per heavy atom. The average molecular weight is 246 g/mol. The van der Waals surface area contributed by atoms with Crippen LogP contribution in [0.15, 0.2) is 41.5 Å². The molecule has 0 atom stereocenters. The Labute approximate surface area is 106 Å². The molecule has 4 nitrogen and oxygen atoms in total. The monoisotopic (exact) mass is 246 g/mol. The molecule has 2 rings (SSSR count). The van der Waals surface area contributed by atoms with Gasteiger partial charge in [-0.3, -0.25) is 9.13 Å². The van der Waals surface area contributed by atoms with E-state index >= 15 is 0 Å². The van der Waals surface area contributed by atoms with Gasteiger partial charge >= 0.3 is 5.69 Å². The van der Waals surface area contributed by atoms with Gasteiger partial charge in [0.1, 0.15) is 0 Å². The van der Waals surface area contributed by atoms with Gasteiger partial charge in [-0.1, -0.05) is 12.1 Å². The van der Waals surface area contributed by atoms with Crippen molar-refractivity contribution >= 4 is 0 Å². The molecule has 0 bridgehead atoms. The zero-order chi connectivity index (χ0) is 13.1. The Morgan fingerprint density at radius 3 is 2.33 bits per heavy atom. The predicted octanol–water partition coefficient (Wildman–Crippen LogP) is 1.75. The number of rotatable bonds is 4. The first-order valence-electron chi connectivity index (χ1n) is 6.13. The van der Waals surface area contributed by atoms with E-state index in [1.54, 1.807) is 21.5 Å². The fourth-order valence-corrected chi connectivity index (χ4v) is 1.93. The SMILES string of the molecule is CC(C)n1ccn(-c2ccc(CCO)cc2)c1=O. The van der Waals surface area contributed by atoms with E-state index in [0.717, 1.165) is 11.3 Å². The zero-order valence-electron chi connectivity index (χ0n) is 10.7. The highest BCUT2D eigenvalue weighted by atomic mass is 16.2. The quantitative estimate of drug-likeness (QED) is 0.893. The normalized spacial score (nSPS) is 11.1. The molecule has 0 radical (unpaired) electrons. The van der Waals surface area contributed by atoms with Gasteiger partial charge in [0.2, 0.25) is 0 Å². The number of nitrogens with zero attached hydrogens (tertiary/aromatic N) is 2. The maximum atomic E-state index is 12.1. The van der Waals surface area contributed by atoms with Gasteiger partial charge in [-0.2, -0.15) is 0 Å². The van der Waals surface area contributed by atoms with Crippen LogP contribution in [0.25, 0.3) is 5.69 Å². The number of hydrogen-bond acceptors (Lipinski definition) is 2. The van der Waals surface area contributed by atoms with Gasteiger partial charge in [-0.25, -0.2) is 4.79 Å². The Hall–Kier alpha value is -1.81. The van der Waals surface area contributed by atoms with E-state index in [4.69, 9.17) is 5.11 Å². The molecular formula is C14H18N2O2. The van der Waals surface area contributed by atoms with Crippen LogP contribution >= 0.6 is 0 Å². The second kappa shape index (κ2) is 5.23. The summed E-state index contributed by atoms with van der Waals surface area (Å²) in [6, 6.07) is 7.83. The molecule has 2 aromatic rings. The van der Waals surface area contributed by atoms with Crippen LogP contribution in [0, 0.1) is 0 Å². The Morgan fingerprint density at radius 1 is 1.17 bits per heavy atom. The molecule has 0 saturated heterocycles. The van der Waals surface area contributed by atoms with E-state index in [1.165, 1.54) is 0 Å². The minimum absolute atomic E-state index is 0.0279. The van der Waals surface area contributed by atoms with Gasteiger partial charge < -0.3 is 5.11 Å². The summed E-state index contributed by atoms with van der Waals surface area (Å²) in [5.74, 6) is 0. The lowest BCUT2D eigenvalue weighted by molar-refractivity contribution is 0.299. The molecule has 1 N–H and O–H groups in total. The molecule has 0 unspecified atom stereocenters. The van der Waals surface area contributed by atoms with Crippen LogP contribution in [0.3, 0.4) is 0 Å². The van der Waals surface area contributed by atoms with Crippen LogP contribution in [0.4, 0.5) is 0 Å². The minimum atomic E-state index is -0.0279. The van der Waals surface area contributed by atoms with Crippen molar-refractivity contribution in [3.05, 3.63) is 52.7 Å². The first-order valence-corrected chi connectivity index (χ1v) is 6.13. The van der Waals surface area contributed by atoms with Gasteiger partial charge in [0.05, 0.1) is 5.69 Å². The van der Waals surface area contributed by atoms with Crippen LogP contribution < -0.4 is 5.69 Å². The van der Waals surface area contributed by atoms with Crippen LogP contribution in [-0.2, 0) is 6.42 Å². The summed E-state index contributed by atoms with van der Waals surface area (Å²) in [5, 5.41) is 8.86. The van der Waals surface area contributed by atoms with Gasteiger partial charge in [0.15, 0.2) is 0 Å². The molecule has 4 heteroatoms. The first-order chi connectivity index (χ1) is 8.63. The van der Waals surface area contributed by atoms with E-state index in [-0.39, 0.29) is 18.3 Å². The van der Waals surface area contributed by atoms with Crippen LogP contribution in [0.1, 0.15) is 25.5 Å². The molecule has 1 heterocycles. The summed E-state index contributed by atoms with van der Waals surface area (Å²) in [7, 11) is 0. The average Bonchev–Trinajstić information content (AvgIpc) is 2.73. The van der Waals surface area contributed by atoms with Gasteiger partial charge in [0.25, 0.3) is 0 Å². The van der Waals surface area contributed by atoms with Crippen LogP contribution in [0.5, 0.6) is 0 Å². The van der Waals surface area contributed by atoms with Gasteiger partial charge in [0, 0.05) is 25.0 Å². The standard InChI is InChI=1S/C14H18N2O2/c1-11(2)15-8-9-16(14(15)18)13-5-3-12(4-6-13)7-10-17/h3-6,8-9,11,17H,7,10H2,1-2H3. The van der Waals surface area contributed by atoms with Gasteiger partial charge in [-0.05, 0) is 38.0 Å². The molecular weight excluding hydrogens is 228 g/mol. The summed E-state index contributed by atoms with van der Waals surface area (Å²) < 4.78 is 3.32. The molecule has 0 saturated carbocycles. The molecule has 96 valence electrons. The fourth-order valence-electron chi connectivity index (χ4n) is 1.93.